The number of hydrogen-bond acceptors (Lipinski definition) is 7. The topological polar surface area (TPSA) is 109 Å². The summed E-state index contributed by atoms with van der Waals surface area (Å²) >= 11 is -1.32. The fraction of sp³-hybridized carbons (Fsp3) is 0.261. The van der Waals surface area contributed by atoms with Gasteiger partial charge in [-0.15, -0.1) is 5.10 Å². The first-order chi connectivity index (χ1) is 16.0. The zero-order valence-electron chi connectivity index (χ0n) is 18.3. The number of nitrogens with zero attached hydrogens (tertiary/aromatic N) is 6. The van der Waals surface area contributed by atoms with E-state index >= 15 is 0 Å². The number of amides is 1. The van der Waals surface area contributed by atoms with Crippen molar-refractivity contribution in [3.05, 3.63) is 60.0 Å². The molecular weight excluding hydrogens is 440 g/mol. The van der Waals surface area contributed by atoms with Gasteiger partial charge in [-0.2, -0.15) is 4.68 Å². The maximum Gasteiger partial charge on any atom is 0.271 e. The fourth-order valence-corrected chi connectivity index (χ4v) is 4.47. The predicted octanol–water partition coefficient (Wildman–Crippen LogP) is 2.40. The molecule has 33 heavy (non-hydrogen) atoms. The summed E-state index contributed by atoms with van der Waals surface area (Å²) in [6.07, 6.45) is 6.69. The van der Waals surface area contributed by atoms with E-state index in [0.29, 0.717) is 53.7 Å². The minimum Gasteiger partial charge on any atom is -0.610 e. The van der Waals surface area contributed by atoms with Crippen LogP contribution in [0.1, 0.15) is 15.9 Å². The van der Waals surface area contributed by atoms with Crippen LogP contribution in [0.5, 0.6) is 0 Å². The highest BCUT2D eigenvalue weighted by atomic mass is 32.2. The van der Waals surface area contributed by atoms with Crippen LogP contribution in [0.15, 0.2) is 53.9 Å². The van der Waals surface area contributed by atoms with E-state index in [-0.39, 0.29) is 5.91 Å². The van der Waals surface area contributed by atoms with Gasteiger partial charge in [-0.25, -0.2) is 9.97 Å². The summed E-state index contributed by atoms with van der Waals surface area (Å²) in [6, 6.07) is 9.18. The van der Waals surface area contributed by atoms with Crippen LogP contribution in [0.25, 0.3) is 28.1 Å². The van der Waals surface area contributed by atoms with Gasteiger partial charge in [0.2, 0.25) is 0 Å². The first-order valence-corrected chi connectivity index (χ1v) is 12.1. The maximum absolute atomic E-state index is 13.0. The second kappa shape index (κ2) is 8.89. The zero-order valence-corrected chi connectivity index (χ0v) is 19.1. The molecule has 1 aromatic carbocycles. The summed E-state index contributed by atoms with van der Waals surface area (Å²) < 4.78 is 19.2. The minimum absolute atomic E-state index is 0.0751. The number of carbonyl (C=O) groups is 1. The van der Waals surface area contributed by atoms with Gasteiger partial charge in [-0.1, -0.05) is 0 Å². The van der Waals surface area contributed by atoms with Gasteiger partial charge in [-0.3, -0.25) is 9.78 Å². The van der Waals surface area contributed by atoms with Crippen LogP contribution >= 0.6 is 0 Å². The van der Waals surface area contributed by atoms with Crippen molar-refractivity contribution < 1.29 is 14.1 Å². The van der Waals surface area contributed by atoms with Gasteiger partial charge in [0.15, 0.2) is 0 Å². The smallest absolute Gasteiger partial charge is 0.271 e. The largest absolute Gasteiger partial charge is 0.610 e. The quantitative estimate of drug-likeness (QED) is 0.428. The predicted molar refractivity (Wildman–Crippen MR) is 124 cm³/mol. The average molecular weight is 463 g/mol. The molecule has 1 unspecified atom stereocenters. The van der Waals surface area contributed by atoms with Gasteiger partial charge in [0.05, 0.1) is 29.8 Å². The summed E-state index contributed by atoms with van der Waals surface area (Å²) in [6.45, 7) is 4.16. The fourth-order valence-electron chi connectivity index (χ4n) is 3.79. The summed E-state index contributed by atoms with van der Waals surface area (Å²) in [7, 11) is 0. The molecule has 3 aromatic heterocycles. The average Bonchev–Trinajstić information content (AvgIpc) is 3.23. The van der Waals surface area contributed by atoms with E-state index in [1.165, 1.54) is 4.68 Å². The lowest BCUT2D eigenvalue weighted by Gasteiger charge is -2.26. The number of morpholine rings is 1. The Bertz CT molecular complexity index is 1320. The molecule has 1 amide bonds. The number of benzene rings is 1. The Balaban J connectivity index is 1.56. The molecule has 1 aliphatic heterocycles. The molecule has 1 aliphatic rings. The molecule has 4 heterocycles. The van der Waals surface area contributed by atoms with Crippen LogP contribution in [-0.2, 0) is 15.9 Å². The van der Waals surface area contributed by atoms with Crippen LogP contribution < -0.4 is 0 Å². The van der Waals surface area contributed by atoms with E-state index in [2.05, 4.69) is 20.1 Å². The van der Waals surface area contributed by atoms with Crippen LogP contribution in [-0.4, -0.2) is 72.7 Å². The third-order valence-corrected chi connectivity index (χ3v) is 6.35. The number of hydrogen-bond donors (Lipinski definition) is 0. The lowest BCUT2D eigenvalue weighted by Crippen LogP contribution is -2.40. The standard InChI is InChI=1S/C23H22N6O3S/c1-15-5-6-24-19(11-15)17-13-25-23(26-14-17)29-20-12-16(22(30)28-7-9-32-10-8-28)3-4-18(20)21(27-29)33(2)31/h3-6,11-14H,7-10H2,1-2H3. The molecule has 1 fully saturated rings. The Morgan fingerprint density at radius 3 is 2.55 bits per heavy atom. The highest BCUT2D eigenvalue weighted by molar-refractivity contribution is 7.90. The highest BCUT2D eigenvalue weighted by Crippen LogP contribution is 2.26. The first kappa shape index (κ1) is 21.5. The molecule has 0 aliphatic carbocycles. The molecule has 9 nitrogen and oxygen atoms in total. The van der Waals surface area contributed by atoms with Crippen LogP contribution in [0.3, 0.4) is 0 Å². The Morgan fingerprint density at radius 1 is 1.09 bits per heavy atom. The van der Waals surface area contributed by atoms with E-state index in [9.17, 15) is 9.35 Å². The second-order valence-electron chi connectivity index (χ2n) is 7.80. The van der Waals surface area contributed by atoms with Crippen LogP contribution in [0.2, 0.25) is 0 Å². The number of fused-ring (bicyclic) bond motifs is 1. The zero-order chi connectivity index (χ0) is 22.9. The van der Waals surface area contributed by atoms with Crippen molar-refractivity contribution >= 4 is 28.0 Å². The first-order valence-electron chi connectivity index (χ1n) is 10.5. The molecule has 168 valence electrons. The number of rotatable bonds is 4. The normalized spacial score (nSPS) is 15.1. The Morgan fingerprint density at radius 2 is 1.85 bits per heavy atom. The number of ether oxygens (including phenoxy) is 1. The summed E-state index contributed by atoms with van der Waals surface area (Å²) in [5.74, 6) is 0.248. The van der Waals surface area contributed by atoms with Gasteiger partial charge in [0.1, 0.15) is 6.26 Å². The third-order valence-electron chi connectivity index (χ3n) is 5.50. The molecule has 5 rings (SSSR count). The molecule has 10 heteroatoms. The second-order valence-corrected chi connectivity index (χ2v) is 9.09. The lowest BCUT2D eigenvalue weighted by atomic mass is 10.1. The monoisotopic (exact) mass is 462 g/mol. The molecule has 4 aromatic rings. The molecule has 0 N–H and O–H groups in total. The maximum atomic E-state index is 13.0. The molecule has 0 bridgehead atoms. The van der Waals surface area contributed by atoms with Gasteiger partial charge in [0.25, 0.3) is 16.9 Å². The van der Waals surface area contributed by atoms with Gasteiger partial charge in [0, 0.05) is 54.0 Å². The summed E-state index contributed by atoms with van der Waals surface area (Å²) in [5.41, 5.74) is 3.80. The number of carbonyl (C=O) groups excluding carboxylic acids is 1. The van der Waals surface area contributed by atoms with E-state index in [1.807, 2.05) is 19.1 Å². The van der Waals surface area contributed by atoms with Gasteiger partial charge >= 0.3 is 0 Å². The number of aryl methyl sites for hydroxylation is 1. The number of pyridine rings is 1. The molecule has 0 radical (unpaired) electrons. The van der Waals surface area contributed by atoms with E-state index in [0.717, 1.165) is 16.8 Å². The van der Waals surface area contributed by atoms with E-state index in [1.54, 1.807) is 47.9 Å². The van der Waals surface area contributed by atoms with E-state index < -0.39 is 11.2 Å². The van der Waals surface area contributed by atoms with Crippen molar-refractivity contribution in [1.82, 2.24) is 29.6 Å². The number of aromatic nitrogens is 5. The SMILES string of the molecule is Cc1ccnc(-c2cnc(-n3nc([S+](C)[O-])c4ccc(C(=O)N5CCOCC5)cc43)nc2)c1. The molecule has 1 saturated heterocycles. The van der Waals surface area contributed by atoms with Crippen molar-refractivity contribution in [2.24, 2.45) is 0 Å². The van der Waals surface area contributed by atoms with Crippen molar-refractivity contribution in [2.45, 2.75) is 11.9 Å². The van der Waals surface area contributed by atoms with Gasteiger partial charge in [-0.05, 0) is 42.8 Å². The van der Waals surface area contributed by atoms with Gasteiger partial charge < -0.3 is 14.2 Å². The van der Waals surface area contributed by atoms with Crippen molar-refractivity contribution in [3.63, 3.8) is 0 Å². The highest BCUT2D eigenvalue weighted by Gasteiger charge is 2.24. The van der Waals surface area contributed by atoms with Crippen molar-refractivity contribution in [3.8, 4) is 17.2 Å². The molecule has 1 atom stereocenters. The third kappa shape index (κ3) is 4.20. The molecule has 0 spiro atoms. The van der Waals surface area contributed by atoms with Crippen LogP contribution in [0.4, 0.5) is 0 Å². The van der Waals surface area contributed by atoms with E-state index in [4.69, 9.17) is 4.74 Å². The minimum atomic E-state index is -1.32. The lowest BCUT2D eigenvalue weighted by molar-refractivity contribution is 0.0303. The van der Waals surface area contributed by atoms with Crippen molar-refractivity contribution in [1.29, 1.82) is 0 Å². The Kier molecular flexibility index (Phi) is 5.79. The summed E-state index contributed by atoms with van der Waals surface area (Å²) in [4.78, 5) is 28.1. The molecular formula is C23H22N6O3S. The Hall–Kier alpha value is -3.34. The van der Waals surface area contributed by atoms with Crippen molar-refractivity contribution in [2.75, 3.05) is 32.6 Å². The summed E-state index contributed by atoms with van der Waals surface area (Å²) in [5, 5.41) is 5.64. The van der Waals surface area contributed by atoms with Crippen LogP contribution in [0, 0.1) is 6.92 Å². The molecule has 0 saturated carbocycles. The Labute approximate surface area is 193 Å².